The molecule has 27 heavy (non-hydrogen) atoms. The molecule has 0 aliphatic carbocycles. The molecule has 0 aliphatic heterocycles. The summed E-state index contributed by atoms with van der Waals surface area (Å²) in [6, 6.07) is 16.8. The van der Waals surface area contributed by atoms with Crippen LogP contribution in [-0.4, -0.2) is 14.3 Å². The number of furan rings is 1. The Hall–Kier alpha value is -2.57. The van der Waals surface area contributed by atoms with E-state index in [-0.39, 0.29) is 22.2 Å². The SMILES string of the molecule is Cc1ccccc1S(=O)(=O)Cc1ccc(C(=O)NCc2ccc(Cl)cc2)o1. The van der Waals surface area contributed by atoms with Crippen molar-refractivity contribution < 1.29 is 17.6 Å². The monoisotopic (exact) mass is 403 g/mol. The van der Waals surface area contributed by atoms with Crippen LogP contribution in [0.3, 0.4) is 0 Å². The van der Waals surface area contributed by atoms with E-state index in [0.717, 1.165) is 5.56 Å². The standard InChI is InChI=1S/C20H18ClNO4S/c1-14-4-2-3-5-19(14)27(24,25)13-17-10-11-18(26-17)20(23)22-12-15-6-8-16(21)9-7-15/h2-11H,12-13H2,1H3,(H,22,23). The van der Waals surface area contributed by atoms with Crippen LogP contribution in [-0.2, 0) is 22.1 Å². The molecule has 2 aromatic carbocycles. The Bertz CT molecular complexity index is 1060. The number of amides is 1. The zero-order chi connectivity index (χ0) is 19.4. The summed E-state index contributed by atoms with van der Waals surface area (Å²) in [4.78, 5) is 12.5. The highest BCUT2D eigenvalue weighted by molar-refractivity contribution is 7.90. The lowest BCUT2D eigenvalue weighted by atomic mass is 10.2. The second-order valence-electron chi connectivity index (χ2n) is 6.10. The number of aryl methyl sites for hydroxylation is 1. The molecule has 7 heteroatoms. The molecular formula is C20H18ClNO4S. The highest BCUT2D eigenvalue weighted by Crippen LogP contribution is 2.21. The molecule has 0 spiro atoms. The second-order valence-corrected chi connectivity index (χ2v) is 8.49. The van der Waals surface area contributed by atoms with Gasteiger partial charge in [0.1, 0.15) is 11.5 Å². The van der Waals surface area contributed by atoms with Crippen LogP contribution >= 0.6 is 11.6 Å². The predicted molar refractivity (Wildman–Crippen MR) is 103 cm³/mol. The van der Waals surface area contributed by atoms with E-state index in [2.05, 4.69) is 5.32 Å². The topological polar surface area (TPSA) is 76.4 Å². The van der Waals surface area contributed by atoms with E-state index in [0.29, 0.717) is 17.1 Å². The van der Waals surface area contributed by atoms with Crippen LogP contribution in [0.15, 0.2) is 70.0 Å². The second kappa shape index (κ2) is 7.98. The molecule has 0 atom stereocenters. The zero-order valence-corrected chi connectivity index (χ0v) is 16.2. The molecule has 3 rings (SSSR count). The summed E-state index contributed by atoms with van der Waals surface area (Å²) in [5.41, 5.74) is 1.56. The molecule has 0 saturated carbocycles. The van der Waals surface area contributed by atoms with Crippen molar-refractivity contribution in [2.75, 3.05) is 0 Å². The molecule has 1 heterocycles. The number of sulfone groups is 1. The van der Waals surface area contributed by atoms with Crippen LogP contribution < -0.4 is 5.32 Å². The predicted octanol–water partition coefficient (Wildman–Crippen LogP) is 4.15. The van der Waals surface area contributed by atoms with Crippen molar-refractivity contribution >= 4 is 27.3 Å². The number of benzene rings is 2. The fourth-order valence-electron chi connectivity index (χ4n) is 2.62. The average Bonchev–Trinajstić information content (AvgIpc) is 3.09. The first kappa shape index (κ1) is 19.2. The van der Waals surface area contributed by atoms with Crippen molar-refractivity contribution in [3.8, 4) is 0 Å². The van der Waals surface area contributed by atoms with E-state index < -0.39 is 15.7 Å². The van der Waals surface area contributed by atoms with Crippen LogP contribution in [0.25, 0.3) is 0 Å². The molecule has 1 aromatic heterocycles. The molecule has 140 valence electrons. The van der Waals surface area contributed by atoms with E-state index in [9.17, 15) is 13.2 Å². The van der Waals surface area contributed by atoms with Gasteiger partial charge in [-0.15, -0.1) is 0 Å². The van der Waals surface area contributed by atoms with Gasteiger partial charge in [-0.3, -0.25) is 4.79 Å². The van der Waals surface area contributed by atoms with Crippen molar-refractivity contribution in [3.63, 3.8) is 0 Å². The zero-order valence-electron chi connectivity index (χ0n) is 14.6. The van der Waals surface area contributed by atoms with Gasteiger partial charge in [-0.05, 0) is 48.4 Å². The van der Waals surface area contributed by atoms with Crippen LogP contribution in [0.2, 0.25) is 5.02 Å². The fourth-order valence-corrected chi connectivity index (χ4v) is 4.28. The van der Waals surface area contributed by atoms with Gasteiger partial charge < -0.3 is 9.73 Å². The summed E-state index contributed by atoms with van der Waals surface area (Å²) in [5, 5.41) is 3.35. The molecule has 0 bridgehead atoms. The number of rotatable bonds is 6. The minimum Gasteiger partial charge on any atom is -0.455 e. The number of nitrogens with one attached hydrogen (secondary N) is 1. The van der Waals surface area contributed by atoms with Gasteiger partial charge in [0, 0.05) is 11.6 Å². The third-order valence-electron chi connectivity index (χ3n) is 4.01. The molecule has 1 N–H and O–H groups in total. The number of halogens is 1. The van der Waals surface area contributed by atoms with Gasteiger partial charge in [-0.1, -0.05) is 41.9 Å². The molecule has 0 fully saturated rings. The van der Waals surface area contributed by atoms with Gasteiger partial charge in [0.2, 0.25) is 0 Å². The third-order valence-corrected chi connectivity index (χ3v) is 6.06. The highest BCUT2D eigenvalue weighted by atomic mass is 35.5. The summed E-state index contributed by atoms with van der Waals surface area (Å²) < 4.78 is 30.6. The van der Waals surface area contributed by atoms with Crippen LogP contribution in [0.4, 0.5) is 0 Å². The summed E-state index contributed by atoms with van der Waals surface area (Å²) >= 11 is 5.83. The largest absolute Gasteiger partial charge is 0.455 e. The minimum absolute atomic E-state index is 0.0685. The van der Waals surface area contributed by atoms with E-state index >= 15 is 0 Å². The Morgan fingerprint density at radius 1 is 1.04 bits per heavy atom. The fraction of sp³-hybridized carbons (Fsp3) is 0.150. The van der Waals surface area contributed by atoms with Crippen molar-refractivity contribution in [2.24, 2.45) is 0 Å². The molecule has 5 nitrogen and oxygen atoms in total. The van der Waals surface area contributed by atoms with Crippen LogP contribution in [0.5, 0.6) is 0 Å². The summed E-state index contributed by atoms with van der Waals surface area (Å²) in [7, 11) is -3.55. The quantitative estimate of drug-likeness (QED) is 0.670. The molecule has 3 aromatic rings. The number of hydrogen-bond donors (Lipinski definition) is 1. The first-order valence-electron chi connectivity index (χ1n) is 8.25. The van der Waals surface area contributed by atoms with E-state index in [1.54, 1.807) is 43.3 Å². The van der Waals surface area contributed by atoms with Gasteiger partial charge >= 0.3 is 0 Å². The molecule has 1 amide bonds. The van der Waals surface area contributed by atoms with Gasteiger partial charge in [-0.2, -0.15) is 0 Å². The third kappa shape index (κ3) is 4.78. The van der Waals surface area contributed by atoms with Crippen molar-refractivity contribution in [2.45, 2.75) is 24.1 Å². The van der Waals surface area contributed by atoms with Crippen LogP contribution in [0, 0.1) is 6.92 Å². The van der Waals surface area contributed by atoms with Gasteiger partial charge in [-0.25, -0.2) is 8.42 Å². The van der Waals surface area contributed by atoms with E-state index in [4.69, 9.17) is 16.0 Å². The Balaban J connectivity index is 1.66. The molecule has 0 radical (unpaired) electrons. The normalized spacial score (nSPS) is 11.3. The Morgan fingerprint density at radius 2 is 1.74 bits per heavy atom. The smallest absolute Gasteiger partial charge is 0.287 e. The maximum absolute atomic E-state index is 12.6. The number of carbonyl (C=O) groups is 1. The van der Waals surface area contributed by atoms with E-state index in [1.807, 2.05) is 12.1 Å². The number of hydrogen-bond acceptors (Lipinski definition) is 4. The summed E-state index contributed by atoms with van der Waals surface area (Å²) in [6.45, 7) is 2.05. The summed E-state index contributed by atoms with van der Waals surface area (Å²) in [5.74, 6) is -0.430. The highest BCUT2D eigenvalue weighted by Gasteiger charge is 2.20. The minimum atomic E-state index is -3.55. The first-order valence-corrected chi connectivity index (χ1v) is 10.3. The van der Waals surface area contributed by atoms with Gasteiger partial charge in [0.05, 0.1) is 4.90 Å². The Labute approximate surface area is 162 Å². The maximum Gasteiger partial charge on any atom is 0.287 e. The summed E-state index contributed by atoms with van der Waals surface area (Å²) in [6.07, 6.45) is 0. The average molecular weight is 404 g/mol. The van der Waals surface area contributed by atoms with Crippen molar-refractivity contribution in [3.05, 3.63) is 88.3 Å². The van der Waals surface area contributed by atoms with E-state index in [1.165, 1.54) is 12.1 Å². The lowest BCUT2D eigenvalue weighted by Gasteiger charge is -2.06. The van der Waals surface area contributed by atoms with Crippen molar-refractivity contribution in [1.82, 2.24) is 5.32 Å². The first-order chi connectivity index (χ1) is 12.8. The Kier molecular flexibility index (Phi) is 5.68. The van der Waals surface area contributed by atoms with Gasteiger partial charge in [0.15, 0.2) is 15.6 Å². The molecule has 0 aliphatic rings. The van der Waals surface area contributed by atoms with Gasteiger partial charge in [0.25, 0.3) is 5.91 Å². The maximum atomic E-state index is 12.6. The Morgan fingerprint density at radius 3 is 2.44 bits per heavy atom. The number of carbonyl (C=O) groups excluding carboxylic acids is 1. The molecule has 0 unspecified atom stereocenters. The van der Waals surface area contributed by atoms with Crippen molar-refractivity contribution in [1.29, 1.82) is 0 Å². The van der Waals surface area contributed by atoms with Crippen LogP contribution in [0.1, 0.15) is 27.4 Å². The molecule has 0 saturated heterocycles. The lowest BCUT2D eigenvalue weighted by Crippen LogP contribution is -2.22. The molecular weight excluding hydrogens is 386 g/mol. The lowest BCUT2D eigenvalue weighted by molar-refractivity contribution is 0.0921.